The van der Waals surface area contributed by atoms with E-state index in [0.29, 0.717) is 11.1 Å². The van der Waals surface area contributed by atoms with E-state index in [2.05, 4.69) is 0 Å². The summed E-state index contributed by atoms with van der Waals surface area (Å²) in [6.07, 6.45) is 13.4. The molecular weight excluding hydrogens is 346 g/mol. The number of carboxylic acid groups (broad SMARTS) is 1. The van der Waals surface area contributed by atoms with Gasteiger partial charge in [-0.1, -0.05) is 51.0 Å². The monoisotopic (exact) mass is 386 g/mol. The van der Waals surface area contributed by atoms with E-state index in [4.69, 9.17) is 10.2 Å². The number of likely N-dealkylation sites (N-methyl/N-ethyl adjacent to an activating group) is 1. The average molecular weight is 387 g/mol. The lowest BCUT2D eigenvalue weighted by atomic mass is 9.92. The number of ketones is 1. The predicted octanol–water partition coefficient (Wildman–Crippen LogP) is 2.92. The predicted molar refractivity (Wildman–Crippen MR) is 108 cm³/mol. The van der Waals surface area contributed by atoms with Crippen LogP contribution in [0.3, 0.4) is 0 Å². The van der Waals surface area contributed by atoms with Gasteiger partial charge in [0.15, 0.2) is 11.4 Å². The molecule has 0 heterocycles. The van der Waals surface area contributed by atoms with Crippen molar-refractivity contribution in [2.45, 2.75) is 76.2 Å². The largest absolute Gasteiger partial charge is 0.481 e. The molecule has 0 aromatic carbocycles. The highest BCUT2D eigenvalue weighted by molar-refractivity contribution is 5.99. The fourth-order valence-electron chi connectivity index (χ4n) is 3.21. The first-order chi connectivity index (χ1) is 12.6. The third-order valence-electron chi connectivity index (χ3n) is 4.44. The molecule has 0 fully saturated rings. The second-order valence-corrected chi connectivity index (χ2v) is 8.51. The number of aliphatic hydroxyl groups excluding tert-OH is 1. The Balaban J connectivity index is 4.07. The van der Waals surface area contributed by atoms with Crippen LogP contribution in [0.5, 0.6) is 0 Å². The molecule has 0 radical (unpaired) electrons. The summed E-state index contributed by atoms with van der Waals surface area (Å²) in [4.78, 5) is 23.4. The summed E-state index contributed by atoms with van der Waals surface area (Å²) in [5.74, 6) is -1.70. The molecule has 0 aromatic heterocycles. The zero-order chi connectivity index (χ0) is 20.8. The first-order valence-corrected chi connectivity index (χ1v) is 10.2. The number of hydrogen-bond donors (Lipinski definition) is 3. The molecule has 0 saturated heterocycles. The minimum absolute atomic E-state index is 0.0563. The van der Waals surface area contributed by atoms with Crippen LogP contribution in [-0.2, 0) is 9.59 Å². The summed E-state index contributed by atoms with van der Waals surface area (Å²) in [5.41, 5.74) is -1.86. The van der Waals surface area contributed by atoms with Crippen molar-refractivity contribution in [3.8, 4) is 0 Å². The standard InChI is InChI=1S/C21H39NO5/c1-22(2,3)18-21(27,17-20(25)26)19(24)15-13-11-9-7-5-4-6-8-10-12-14-16-23/h13,15,23,27H,4-12,14,16-18H2,1-3H3/p+1/b15-13+. The van der Waals surface area contributed by atoms with Gasteiger partial charge in [0.1, 0.15) is 6.54 Å². The lowest BCUT2D eigenvalue weighted by Crippen LogP contribution is -2.54. The van der Waals surface area contributed by atoms with E-state index in [0.717, 1.165) is 32.1 Å². The van der Waals surface area contributed by atoms with Crippen molar-refractivity contribution >= 4 is 11.8 Å². The molecule has 3 N–H and O–H groups in total. The van der Waals surface area contributed by atoms with Gasteiger partial charge < -0.3 is 19.8 Å². The van der Waals surface area contributed by atoms with Crippen molar-refractivity contribution in [2.75, 3.05) is 34.3 Å². The Kier molecular flexibility index (Phi) is 13.2. The molecule has 6 nitrogen and oxygen atoms in total. The molecule has 0 bridgehead atoms. The normalized spacial score (nSPS) is 14.4. The molecule has 0 aliphatic carbocycles. The molecule has 6 heteroatoms. The highest BCUT2D eigenvalue weighted by Crippen LogP contribution is 2.17. The van der Waals surface area contributed by atoms with Gasteiger partial charge in [-0.05, 0) is 25.3 Å². The van der Waals surface area contributed by atoms with Crippen LogP contribution in [0.4, 0.5) is 0 Å². The van der Waals surface area contributed by atoms with E-state index < -0.39 is 23.8 Å². The van der Waals surface area contributed by atoms with Crippen molar-refractivity contribution in [3.63, 3.8) is 0 Å². The van der Waals surface area contributed by atoms with E-state index in [1.165, 1.54) is 38.2 Å². The van der Waals surface area contributed by atoms with E-state index in [9.17, 15) is 14.7 Å². The quantitative estimate of drug-likeness (QED) is 0.203. The van der Waals surface area contributed by atoms with Gasteiger partial charge in [0, 0.05) is 6.61 Å². The maximum atomic E-state index is 12.3. The van der Waals surface area contributed by atoms with Gasteiger partial charge >= 0.3 is 5.97 Å². The number of unbranched alkanes of at least 4 members (excludes halogenated alkanes) is 9. The highest BCUT2D eigenvalue weighted by Gasteiger charge is 2.41. The van der Waals surface area contributed by atoms with Gasteiger partial charge in [0.05, 0.1) is 27.6 Å². The number of aliphatic carboxylic acids is 1. The molecule has 27 heavy (non-hydrogen) atoms. The van der Waals surface area contributed by atoms with Gasteiger partial charge in [-0.3, -0.25) is 9.59 Å². The fourth-order valence-corrected chi connectivity index (χ4v) is 3.21. The Morgan fingerprint density at radius 3 is 1.81 bits per heavy atom. The summed E-state index contributed by atoms with van der Waals surface area (Å²) in [6.45, 7) is 0.347. The van der Waals surface area contributed by atoms with Crippen LogP contribution in [-0.4, -0.2) is 71.5 Å². The van der Waals surface area contributed by atoms with Crippen LogP contribution in [0.2, 0.25) is 0 Å². The number of hydrogen-bond acceptors (Lipinski definition) is 4. The molecule has 0 amide bonds. The number of carbonyl (C=O) groups excluding carboxylic acids is 1. The maximum Gasteiger partial charge on any atom is 0.307 e. The molecule has 0 aromatic rings. The third-order valence-corrected chi connectivity index (χ3v) is 4.44. The van der Waals surface area contributed by atoms with Crippen molar-refractivity contribution in [3.05, 3.63) is 12.2 Å². The van der Waals surface area contributed by atoms with Crippen LogP contribution in [0.15, 0.2) is 12.2 Å². The lowest BCUT2D eigenvalue weighted by Gasteiger charge is -2.33. The van der Waals surface area contributed by atoms with Gasteiger partial charge in [0.2, 0.25) is 0 Å². The number of carbonyl (C=O) groups is 2. The number of nitrogens with zero attached hydrogens (tertiary/aromatic N) is 1. The molecular formula is C21H40NO5+. The molecule has 1 unspecified atom stereocenters. The molecule has 158 valence electrons. The number of aliphatic hydroxyl groups is 2. The molecule has 0 saturated carbocycles. The minimum Gasteiger partial charge on any atom is -0.481 e. The summed E-state index contributed by atoms with van der Waals surface area (Å²) in [7, 11) is 5.45. The molecule has 0 aliphatic heterocycles. The summed E-state index contributed by atoms with van der Waals surface area (Å²) < 4.78 is 0.309. The topological polar surface area (TPSA) is 94.8 Å². The van der Waals surface area contributed by atoms with Crippen molar-refractivity contribution in [1.29, 1.82) is 0 Å². The number of allylic oxidation sites excluding steroid dienone is 1. The Bertz CT molecular complexity index is 456. The second-order valence-electron chi connectivity index (χ2n) is 8.51. The van der Waals surface area contributed by atoms with Gasteiger partial charge in [-0.15, -0.1) is 0 Å². The first-order valence-electron chi connectivity index (χ1n) is 10.2. The molecule has 0 spiro atoms. The Labute approximate surface area is 164 Å². The second kappa shape index (κ2) is 13.9. The molecule has 0 rings (SSSR count). The van der Waals surface area contributed by atoms with Crippen molar-refractivity contribution in [2.24, 2.45) is 0 Å². The fraction of sp³-hybridized carbons (Fsp3) is 0.810. The summed E-state index contributed by atoms with van der Waals surface area (Å²) in [5, 5.41) is 28.3. The SMILES string of the molecule is C[N+](C)(C)CC(O)(CC(=O)O)C(=O)/C=C/CCCCCCCCCCCO. The smallest absolute Gasteiger partial charge is 0.307 e. The van der Waals surface area contributed by atoms with Crippen LogP contribution >= 0.6 is 0 Å². The van der Waals surface area contributed by atoms with E-state index in [1.54, 1.807) is 6.08 Å². The summed E-state index contributed by atoms with van der Waals surface area (Å²) >= 11 is 0. The Morgan fingerprint density at radius 2 is 1.37 bits per heavy atom. The van der Waals surface area contributed by atoms with Crippen molar-refractivity contribution in [1.82, 2.24) is 0 Å². The molecule has 0 aliphatic rings. The highest BCUT2D eigenvalue weighted by atomic mass is 16.4. The number of rotatable bonds is 17. The third kappa shape index (κ3) is 14.5. The number of carboxylic acids is 1. The zero-order valence-corrected chi connectivity index (χ0v) is 17.5. The Hall–Kier alpha value is -1.24. The average Bonchev–Trinajstić information content (AvgIpc) is 2.53. The van der Waals surface area contributed by atoms with E-state index in [-0.39, 0.29) is 6.54 Å². The Morgan fingerprint density at radius 1 is 0.889 bits per heavy atom. The van der Waals surface area contributed by atoms with Crippen LogP contribution in [0, 0.1) is 0 Å². The van der Waals surface area contributed by atoms with E-state index >= 15 is 0 Å². The van der Waals surface area contributed by atoms with E-state index in [1.807, 2.05) is 21.1 Å². The first kappa shape index (κ1) is 25.8. The summed E-state index contributed by atoms with van der Waals surface area (Å²) in [6, 6.07) is 0. The van der Waals surface area contributed by atoms with Crippen molar-refractivity contribution < 1.29 is 29.4 Å². The van der Waals surface area contributed by atoms with Gasteiger partial charge in [0.25, 0.3) is 0 Å². The molecule has 1 atom stereocenters. The van der Waals surface area contributed by atoms with Gasteiger partial charge in [-0.2, -0.15) is 0 Å². The minimum atomic E-state index is -1.86. The number of quaternary nitrogens is 1. The van der Waals surface area contributed by atoms with Crippen LogP contribution in [0.1, 0.15) is 70.6 Å². The zero-order valence-electron chi connectivity index (χ0n) is 17.5. The van der Waals surface area contributed by atoms with Gasteiger partial charge in [-0.25, -0.2) is 0 Å². The lowest BCUT2D eigenvalue weighted by molar-refractivity contribution is -0.875. The van der Waals surface area contributed by atoms with Crippen LogP contribution in [0.25, 0.3) is 0 Å². The maximum absolute atomic E-state index is 12.3. The van der Waals surface area contributed by atoms with Crippen LogP contribution < -0.4 is 0 Å².